The van der Waals surface area contributed by atoms with Gasteiger partial charge in [-0.05, 0) is 24.3 Å². The molecule has 4 atom stereocenters. The largest absolute Gasteiger partial charge is 0.550 e. The van der Waals surface area contributed by atoms with Crippen LogP contribution in [0.25, 0.3) is 0 Å². The predicted molar refractivity (Wildman–Crippen MR) is 75.2 cm³/mol. The van der Waals surface area contributed by atoms with Crippen molar-refractivity contribution in [1.29, 1.82) is 0 Å². The molecule has 1 amide bonds. The summed E-state index contributed by atoms with van der Waals surface area (Å²) in [6, 6.07) is 7.34. The first kappa shape index (κ1) is 13.0. The van der Waals surface area contributed by atoms with Crippen molar-refractivity contribution in [3.8, 4) is 0 Å². The third kappa shape index (κ3) is 1.66. The van der Waals surface area contributed by atoms with E-state index < -0.39 is 29.5 Å². The van der Waals surface area contributed by atoms with Crippen LogP contribution in [0.1, 0.15) is 0 Å². The highest BCUT2D eigenvalue weighted by molar-refractivity contribution is 9.10. The zero-order chi connectivity index (χ0) is 14.8. The lowest BCUT2D eigenvalue weighted by atomic mass is 9.77. The molecule has 1 aromatic carbocycles. The Labute approximate surface area is 129 Å². The molecule has 21 heavy (non-hydrogen) atoms. The number of carbonyl (C=O) groups excluding carboxylic acids is 2. The quantitative estimate of drug-likeness (QED) is 0.729. The van der Waals surface area contributed by atoms with Gasteiger partial charge < -0.3 is 19.5 Å². The van der Waals surface area contributed by atoms with Crippen LogP contribution in [-0.2, 0) is 14.3 Å². The molecule has 4 rings (SSSR count). The van der Waals surface area contributed by atoms with Crippen LogP contribution in [0.2, 0.25) is 0 Å². The van der Waals surface area contributed by atoms with Crippen LogP contribution in [0.5, 0.6) is 0 Å². The number of benzene rings is 1. The molecule has 0 N–H and O–H groups in total. The second-order valence-electron chi connectivity index (χ2n) is 5.62. The van der Waals surface area contributed by atoms with Gasteiger partial charge >= 0.3 is 0 Å². The normalized spacial score (nSPS) is 36.3. The smallest absolute Gasteiger partial charge is 0.234 e. The van der Waals surface area contributed by atoms with Crippen LogP contribution in [0.4, 0.5) is 5.69 Å². The summed E-state index contributed by atoms with van der Waals surface area (Å²) in [4.78, 5) is 25.6. The number of carbonyl (C=O) groups is 2. The molecule has 0 aromatic heterocycles. The molecule has 0 radical (unpaired) electrons. The molecule has 0 unspecified atom stereocenters. The molecule has 0 aliphatic carbocycles. The van der Waals surface area contributed by atoms with Gasteiger partial charge in [0.25, 0.3) is 0 Å². The van der Waals surface area contributed by atoms with Gasteiger partial charge in [0, 0.05) is 22.0 Å². The number of rotatable bonds is 2. The van der Waals surface area contributed by atoms with Crippen molar-refractivity contribution >= 4 is 33.5 Å². The number of carboxylic acid groups (broad SMARTS) is 1. The Kier molecular flexibility index (Phi) is 2.59. The first-order valence-electron chi connectivity index (χ1n) is 6.67. The molecule has 3 heterocycles. The number of fused-ring (bicyclic) bond motifs is 1. The highest BCUT2D eigenvalue weighted by atomic mass is 79.9. The van der Waals surface area contributed by atoms with E-state index >= 15 is 0 Å². The van der Waals surface area contributed by atoms with Crippen molar-refractivity contribution in [1.82, 2.24) is 0 Å². The maximum absolute atomic E-state index is 12.7. The lowest BCUT2D eigenvalue weighted by Gasteiger charge is -2.24. The van der Waals surface area contributed by atoms with Gasteiger partial charge in [-0.1, -0.05) is 28.1 Å². The van der Waals surface area contributed by atoms with Crippen LogP contribution in [0.15, 0.2) is 40.9 Å². The van der Waals surface area contributed by atoms with E-state index in [1.807, 2.05) is 30.3 Å². The molecule has 2 bridgehead atoms. The van der Waals surface area contributed by atoms with Gasteiger partial charge in [0.2, 0.25) is 5.91 Å². The summed E-state index contributed by atoms with van der Waals surface area (Å²) in [7, 11) is 0. The van der Waals surface area contributed by atoms with E-state index in [0.29, 0.717) is 6.54 Å². The van der Waals surface area contributed by atoms with Crippen molar-refractivity contribution in [3.05, 3.63) is 40.9 Å². The monoisotopic (exact) mass is 348 g/mol. The van der Waals surface area contributed by atoms with Crippen molar-refractivity contribution < 1.29 is 19.4 Å². The summed E-state index contributed by atoms with van der Waals surface area (Å²) >= 11 is 3.35. The Balaban J connectivity index is 1.73. The van der Waals surface area contributed by atoms with E-state index in [2.05, 4.69) is 15.9 Å². The molecule has 2 saturated heterocycles. The van der Waals surface area contributed by atoms with Crippen molar-refractivity contribution in [2.75, 3.05) is 11.4 Å². The summed E-state index contributed by atoms with van der Waals surface area (Å²) in [5.41, 5.74) is -0.0796. The third-order valence-electron chi connectivity index (χ3n) is 4.51. The number of aliphatic carboxylic acids is 1. The SMILES string of the molecule is O=C([O-])[C@H]1[C@H]2C(=O)N(c3ccc(Br)cc3)C[C@]23C=C[C@H]1O3. The summed E-state index contributed by atoms with van der Waals surface area (Å²) in [6.07, 6.45) is 3.02. The minimum atomic E-state index is -1.22. The zero-order valence-electron chi connectivity index (χ0n) is 10.9. The fraction of sp³-hybridized carbons (Fsp3) is 0.333. The fourth-order valence-electron chi connectivity index (χ4n) is 3.61. The fourth-order valence-corrected chi connectivity index (χ4v) is 3.87. The lowest BCUT2D eigenvalue weighted by Crippen LogP contribution is -2.45. The van der Waals surface area contributed by atoms with Crippen LogP contribution in [0, 0.1) is 11.8 Å². The average molecular weight is 349 g/mol. The first-order chi connectivity index (χ1) is 10.0. The number of anilines is 1. The maximum atomic E-state index is 12.7. The van der Waals surface area contributed by atoms with Gasteiger partial charge in [0.05, 0.1) is 18.6 Å². The summed E-state index contributed by atoms with van der Waals surface area (Å²) in [5, 5.41) is 11.4. The molecule has 3 aliphatic rings. The summed E-state index contributed by atoms with van der Waals surface area (Å²) < 4.78 is 6.72. The van der Waals surface area contributed by atoms with Gasteiger partial charge in [-0.3, -0.25) is 4.79 Å². The number of hydrogen-bond donors (Lipinski definition) is 0. The van der Waals surface area contributed by atoms with Gasteiger partial charge in [-0.2, -0.15) is 0 Å². The second kappa shape index (κ2) is 4.18. The van der Waals surface area contributed by atoms with Crippen molar-refractivity contribution in [2.24, 2.45) is 11.8 Å². The number of carboxylic acids is 1. The molecule has 3 aliphatic heterocycles. The van der Waals surface area contributed by atoms with Crippen molar-refractivity contribution in [3.63, 3.8) is 0 Å². The summed E-state index contributed by atoms with van der Waals surface area (Å²) in [5.74, 6) is -3.02. The standard InChI is InChI=1S/C15H12BrNO4/c16-8-1-3-9(4-2-8)17-7-15-6-5-10(21-15)11(14(19)20)12(15)13(17)18/h1-6,10-12H,7H2,(H,19,20)/p-1/t10-,11-,12+,15-/m1/s1. The highest BCUT2D eigenvalue weighted by Gasteiger charge is 2.65. The van der Waals surface area contributed by atoms with Gasteiger partial charge in [0.1, 0.15) is 5.60 Å². The molecule has 6 heteroatoms. The molecule has 5 nitrogen and oxygen atoms in total. The van der Waals surface area contributed by atoms with E-state index in [-0.39, 0.29) is 5.91 Å². The van der Waals surface area contributed by atoms with E-state index in [1.54, 1.807) is 11.0 Å². The number of amides is 1. The van der Waals surface area contributed by atoms with Crippen LogP contribution in [0.3, 0.4) is 0 Å². The Morgan fingerprint density at radius 2 is 2.10 bits per heavy atom. The third-order valence-corrected chi connectivity index (χ3v) is 5.04. The molecule has 2 fully saturated rings. The predicted octanol–water partition coefficient (Wildman–Crippen LogP) is 0.485. The topological polar surface area (TPSA) is 69.7 Å². The molecular weight excluding hydrogens is 338 g/mol. The maximum Gasteiger partial charge on any atom is 0.234 e. The Morgan fingerprint density at radius 1 is 1.38 bits per heavy atom. The van der Waals surface area contributed by atoms with E-state index in [4.69, 9.17) is 4.74 Å². The Morgan fingerprint density at radius 3 is 2.76 bits per heavy atom. The lowest BCUT2D eigenvalue weighted by molar-refractivity contribution is -0.313. The van der Waals surface area contributed by atoms with E-state index in [9.17, 15) is 14.7 Å². The van der Waals surface area contributed by atoms with Gasteiger partial charge in [-0.25, -0.2) is 0 Å². The number of ether oxygens (including phenoxy) is 1. The molecular formula is C15H11BrNO4-. The van der Waals surface area contributed by atoms with Crippen LogP contribution >= 0.6 is 15.9 Å². The van der Waals surface area contributed by atoms with Crippen LogP contribution in [-0.4, -0.2) is 30.1 Å². The molecule has 0 saturated carbocycles. The summed E-state index contributed by atoms with van der Waals surface area (Å²) in [6.45, 7) is 0.342. The van der Waals surface area contributed by atoms with Gasteiger partial charge in [0.15, 0.2) is 0 Å². The zero-order valence-corrected chi connectivity index (χ0v) is 12.4. The number of halogens is 1. The average Bonchev–Trinajstić information content (AvgIpc) is 3.08. The first-order valence-corrected chi connectivity index (χ1v) is 7.46. The van der Waals surface area contributed by atoms with E-state index in [1.165, 1.54) is 0 Å². The van der Waals surface area contributed by atoms with Crippen LogP contribution < -0.4 is 10.0 Å². The molecule has 1 aromatic rings. The molecule has 1 spiro atoms. The minimum Gasteiger partial charge on any atom is -0.550 e. The second-order valence-corrected chi connectivity index (χ2v) is 6.54. The Bertz CT molecular complexity index is 671. The Hall–Kier alpha value is -1.66. The van der Waals surface area contributed by atoms with Crippen molar-refractivity contribution in [2.45, 2.75) is 11.7 Å². The highest BCUT2D eigenvalue weighted by Crippen LogP contribution is 2.52. The minimum absolute atomic E-state index is 0.210. The number of nitrogens with zero attached hydrogens (tertiary/aromatic N) is 1. The van der Waals surface area contributed by atoms with Gasteiger partial charge in [-0.15, -0.1) is 0 Å². The van der Waals surface area contributed by atoms with E-state index in [0.717, 1.165) is 10.2 Å². The number of hydrogen-bond acceptors (Lipinski definition) is 4. The molecule has 108 valence electrons.